The van der Waals surface area contributed by atoms with Crippen LogP contribution in [0.1, 0.15) is 118 Å². The van der Waals surface area contributed by atoms with Crippen molar-refractivity contribution in [1.29, 1.82) is 0 Å². The number of nitrogens with zero attached hydrogens (tertiary/aromatic N) is 4. The van der Waals surface area contributed by atoms with E-state index in [2.05, 4.69) is 20.6 Å². The Morgan fingerprint density at radius 1 is 0.603 bits per heavy atom. The van der Waals surface area contributed by atoms with Crippen molar-refractivity contribution in [2.24, 2.45) is 11.8 Å². The fourth-order valence-electron chi connectivity index (χ4n) is 8.56. The molecule has 0 saturated carbocycles. The van der Waals surface area contributed by atoms with E-state index in [1.165, 1.54) is 28.4 Å². The molecule has 386 valence electrons. The van der Waals surface area contributed by atoms with Crippen molar-refractivity contribution in [3.05, 3.63) is 176 Å². The molecule has 73 heavy (non-hydrogen) atoms. The van der Waals surface area contributed by atoms with E-state index < -0.39 is 42.0 Å². The Balaban J connectivity index is 0.000000692. The first-order chi connectivity index (χ1) is 32.9. The Labute approximate surface area is 440 Å². The Morgan fingerprint density at radius 3 is 1.30 bits per heavy atom. The third-order valence-electron chi connectivity index (χ3n) is 11.8. The molecule has 6 N–H and O–H groups in total. The zero-order valence-electron chi connectivity index (χ0n) is 42.9. The minimum Gasteiger partial charge on any atom is -0.870 e. The van der Waals surface area contributed by atoms with Crippen LogP contribution in [0.4, 0.5) is 0 Å². The number of pyridine rings is 4. The quantitative estimate of drug-likeness (QED) is 0.0704. The number of carbonyl (C=O) groups is 4. The molecule has 0 aliphatic carbocycles. The van der Waals surface area contributed by atoms with Crippen molar-refractivity contribution in [1.82, 2.24) is 29.7 Å². The number of carboxylic acid groups (broad SMARTS) is 1. The van der Waals surface area contributed by atoms with E-state index in [4.69, 9.17) is 4.74 Å². The van der Waals surface area contributed by atoms with Crippen molar-refractivity contribution in [3.8, 4) is 22.3 Å². The number of aliphatic carboxylic acids is 1. The number of ether oxygens (including phenoxy) is 1. The van der Waals surface area contributed by atoms with Gasteiger partial charge in [-0.25, -0.2) is 0 Å². The minimum absolute atomic E-state index is 0. The van der Waals surface area contributed by atoms with Crippen LogP contribution in [0.5, 0.6) is 0 Å². The summed E-state index contributed by atoms with van der Waals surface area (Å²) in [4.78, 5) is 84.5. The number of methoxy groups -OCH3 is 1. The van der Waals surface area contributed by atoms with E-state index in [9.17, 15) is 33.9 Å². The normalized spacial score (nSPS) is 12.1. The summed E-state index contributed by atoms with van der Waals surface area (Å²) in [5.41, 5.74) is 8.99. The van der Waals surface area contributed by atoms with Gasteiger partial charge < -0.3 is 40.6 Å². The molecule has 0 saturated heterocycles. The fraction of sp³-hybridized carbons (Fsp3) is 0.357. The molecule has 17 heteroatoms. The molecule has 6 aromatic rings. The molecule has 2 aromatic carbocycles. The average molecular weight is 995 g/mol. The maximum absolute atomic E-state index is 13.5. The molecule has 0 aliphatic rings. The molecule has 0 bridgehead atoms. The van der Waals surface area contributed by atoms with Gasteiger partial charge in [0.05, 0.1) is 32.0 Å². The number of aryl methyl sites for hydroxylation is 4. The molecule has 16 nitrogen and oxygen atoms in total. The van der Waals surface area contributed by atoms with Gasteiger partial charge in [-0.3, -0.25) is 38.7 Å². The summed E-state index contributed by atoms with van der Waals surface area (Å²) in [5, 5.41) is 15.4. The van der Waals surface area contributed by atoms with Crippen molar-refractivity contribution >= 4 is 23.8 Å². The average Bonchev–Trinajstić information content (AvgIpc) is 3.30. The van der Waals surface area contributed by atoms with Gasteiger partial charge in [-0.1, -0.05) is 83.7 Å². The molecule has 4 unspecified atom stereocenters. The number of hydrogen-bond acceptors (Lipinski definition) is 10. The number of carbonyl (C=O) groups excluding carboxylic acids is 3. The maximum atomic E-state index is 13.5. The first-order valence-electron chi connectivity index (χ1n) is 23.1. The number of amides is 2. The van der Waals surface area contributed by atoms with E-state index in [-0.39, 0.29) is 78.9 Å². The summed E-state index contributed by atoms with van der Waals surface area (Å²) < 4.78 is 7.74. The largest absolute Gasteiger partial charge is 1.00 e. The number of nitrogens with one attached hydrogen (secondary N) is 2. The van der Waals surface area contributed by atoms with E-state index >= 15 is 0 Å². The zero-order valence-corrected chi connectivity index (χ0v) is 42.9. The van der Waals surface area contributed by atoms with E-state index in [1.807, 2.05) is 104 Å². The second-order valence-electron chi connectivity index (χ2n) is 18.2. The molecule has 0 radical (unpaired) electrons. The second kappa shape index (κ2) is 30.2. The number of benzene rings is 2. The van der Waals surface area contributed by atoms with Gasteiger partial charge in [-0.2, -0.15) is 0 Å². The molecule has 0 aliphatic heterocycles. The summed E-state index contributed by atoms with van der Waals surface area (Å²) >= 11 is 0. The van der Waals surface area contributed by atoms with Crippen LogP contribution in [0.2, 0.25) is 0 Å². The number of esters is 1. The van der Waals surface area contributed by atoms with Crippen LogP contribution in [-0.4, -0.2) is 66.0 Å². The van der Waals surface area contributed by atoms with Crippen LogP contribution in [0.25, 0.3) is 22.3 Å². The van der Waals surface area contributed by atoms with Gasteiger partial charge in [0.2, 0.25) is 11.8 Å². The van der Waals surface area contributed by atoms with Crippen molar-refractivity contribution in [2.75, 3.05) is 7.11 Å². The van der Waals surface area contributed by atoms with Crippen LogP contribution in [0.15, 0.2) is 132 Å². The van der Waals surface area contributed by atoms with Gasteiger partial charge in [-0.05, 0) is 121 Å². The predicted octanol–water partition coefficient (Wildman–Crippen LogP) is 5.62. The Hall–Kier alpha value is -6.96. The first-order valence-corrected chi connectivity index (χ1v) is 23.1. The van der Waals surface area contributed by atoms with Crippen LogP contribution in [0.3, 0.4) is 0 Å². The van der Waals surface area contributed by atoms with E-state index in [1.54, 1.807) is 61.4 Å². The van der Waals surface area contributed by atoms with Crippen molar-refractivity contribution < 1.29 is 58.8 Å². The number of aromatic nitrogens is 4. The summed E-state index contributed by atoms with van der Waals surface area (Å²) in [5.74, 6) is -1.91. The van der Waals surface area contributed by atoms with Crippen LogP contribution in [-0.2, 0) is 23.9 Å². The van der Waals surface area contributed by atoms with Gasteiger partial charge in [0, 0.05) is 60.4 Å². The van der Waals surface area contributed by atoms with Gasteiger partial charge in [-0.15, -0.1) is 0 Å². The number of hydrogen-bond donors (Lipinski definition) is 3. The molecule has 4 heterocycles. The van der Waals surface area contributed by atoms with Crippen LogP contribution >= 0.6 is 0 Å². The van der Waals surface area contributed by atoms with E-state index in [0.29, 0.717) is 24.0 Å². The molecule has 0 fully saturated rings. The Bertz CT molecular complexity index is 2840. The van der Waals surface area contributed by atoms with E-state index in [0.717, 1.165) is 44.5 Å². The van der Waals surface area contributed by atoms with Crippen molar-refractivity contribution in [2.45, 2.75) is 113 Å². The van der Waals surface area contributed by atoms with Crippen LogP contribution in [0, 0.1) is 39.5 Å². The standard InChI is InChI=1S/C28H33N3O4.C27H31N3O4.CH4.Li.2H2O/c1-18(2)13-24(31-12-7-6-11-25(31)32)28(34)30-23(15-26(33)35-5)21-14-22(17-29-16-21)27-19(3)9-8-10-20(27)4;1-17(2)12-23(30-11-6-5-10-24(30)31)27(34)29-22(14-25(32)33)20-13-21(16-28-15-20)26-18(3)8-7-9-19(26)4;;;;/h6-12,14,16-18,23-24H,13,15H2,1-5H3,(H,30,34);5-11,13,15-17,22-23H,12,14H2,1-4H3,(H,29,34)(H,32,33);1H4;;2*1H2/q;;;+1;;/p-1. The predicted molar refractivity (Wildman–Crippen MR) is 280 cm³/mol. The fourth-order valence-corrected chi connectivity index (χ4v) is 8.56. The summed E-state index contributed by atoms with van der Waals surface area (Å²) in [6.45, 7) is 16.0. The Morgan fingerprint density at radius 2 is 0.973 bits per heavy atom. The molecule has 6 rings (SSSR count). The first kappa shape index (κ1) is 64.1. The van der Waals surface area contributed by atoms with Gasteiger partial charge >= 0.3 is 30.8 Å². The summed E-state index contributed by atoms with van der Waals surface area (Å²) in [7, 11) is 1.32. The molecule has 4 aromatic heterocycles. The number of carboxylic acids is 1. The van der Waals surface area contributed by atoms with Crippen molar-refractivity contribution in [3.63, 3.8) is 0 Å². The third-order valence-corrected chi connectivity index (χ3v) is 11.8. The molecular weight excluding hydrogens is 924 g/mol. The third kappa shape index (κ3) is 17.6. The summed E-state index contributed by atoms with van der Waals surface area (Å²) in [6, 6.07) is 22.5. The minimum atomic E-state index is -1.04. The smallest absolute Gasteiger partial charge is 0.870 e. The topological polar surface area (TPSA) is 253 Å². The molecular formula is C56H71LiN6O10. The van der Waals surface area contributed by atoms with Gasteiger partial charge in [0.25, 0.3) is 11.1 Å². The molecule has 4 atom stereocenters. The monoisotopic (exact) mass is 995 g/mol. The number of rotatable bonds is 18. The van der Waals surface area contributed by atoms with Gasteiger partial charge in [0.1, 0.15) is 12.1 Å². The second-order valence-corrected chi connectivity index (χ2v) is 18.2. The maximum Gasteiger partial charge on any atom is 1.00 e. The van der Waals surface area contributed by atoms with Crippen LogP contribution < -0.4 is 40.6 Å². The van der Waals surface area contributed by atoms with Gasteiger partial charge in [0.15, 0.2) is 0 Å². The molecule has 0 spiro atoms. The Kier molecular flexibility index (Phi) is 26.5. The summed E-state index contributed by atoms with van der Waals surface area (Å²) in [6.07, 6.45) is 10.5. The SMILES string of the molecule is C.COC(=O)CC(NC(=O)C(CC(C)C)n1ccccc1=O)c1cncc(-c2c(C)cccc2C)c1.Cc1cccc(C)c1-c1cncc(C(CC(=O)O)NC(=O)C(CC(C)C)n2ccccc2=O)c1.O.[Li+].[OH-]. The zero-order chi connectivity index (χ0) is 50.4. The molecule has 2 amide bonds.